The molecule has 0 aromatic heterocycles. The lowest BCUT2D eigenvalue weighted by Gasteiger charge is -2.08. The topological polar surface area (TPSA) is 103 Å². The summed E-state index contributed by atoms with van der Waals surface area (Å²) in [4.78, 5) is 34.7. The number of amides is 3. The smallest absolute Gasteiger partial charge is 0.331 e. The van der Waals surface area contributed by atoms with Crippen LogP contribution in [0.2, 0.25) is 0 Å². The second-order valence-electron chi connectivity index (χ2n) is 6.04. The van der Waals surface area contributed by atoms with Crippen LogP contribution in [0.4, 0.5) is 4.79 Å². The molecule has 2 N–H and O–H groups in total. The minimum Gasteiger partial charge on any atom is -0.454 e. The first kappa shape index (κ1) is 19.3. The van der Waals surface area contributed by atoms with Gasteiger partial charge >= 0.3 is 12.0 Å². The van der Waals surface area contributed by atoms with Gasteiger partial charge in [0.15, 0.2) is 18.1 Å². The Morgan fingerprint density at radius 1 is 1.23 bits per heavy atom. The molecule has 1 aliphatic rings. The lowest BCUT2D eigenvalue weighted by molar-refractivity contribution is -0.143. The van der Waals surface area contributed by atoms with E-state index in [1.54, 1.807) is 18.2 Å². The maximum atomic E-state index is 11.6. The summed E-state index contributed by atoms with van der Waals surface area (Å²) in [6, 6.07) is 4.60. The second kappa shape index (κ2) is 9.45. The van der Waals surface area contributed by atoms with Crippen molar-refractivity contribution in [1.29, 1.82) is 0 Å². The molecule has 3 amide bonds. The molecule has 140 valence electrons. The second-order valence-corrected chi connectivity index (χ2v) is 6.04. The van der Waals surface area contributed by atoms with Crippen LogP contribution >= 0.6 is 0 Å². The predicted octanol–water partition coefficient (Wildman–Crippen LogP) is 1.84. The summed E-state index contributed by atoms with van der Waals surface area (Å²) in [5.74, 6) is 0.301. The Balaban J connectivity index is 1.69. The van der Waals surface area contributed by atoms with Crippen LogP contribution in [0.25, 0.3) is 6.08 Å². The monoisotopic (exact) mass is 362 g/mol. The first-order valence-electron chi connectivity index (χ1n) is 8.26. The summed E-state index contributed by atoms with van der Waals surface area (Å²) >= 11 is 0. The van der Waals surface area contributed by atoms with Gasteiger partial charge in [-0.1, -0.05) is 19.9 Å². The number of urea groups is 1. The van der Waals surface area contributed by atoms with Crippen molar-refractivity contribution in [3.8, 4) is 11.5 Å². The average Bonchev–Trinajstić information content (AvgIpc) is 3.05. The van der Waals surface area contributed by atoms with Crippen LogP contribution in [-0.2, 0) is 14.3 Å². The molecule has 2 rings (SSSR count). The van der Waals surface area contributed by atoms with Crippen LogP contribution in [0.5, 0.6) is 11.5 Å². The van der Waals surface area contributed by atoms with E-state index in [4.69, 9.17) is 14.2 Å². The molecule has 0 unspecified atom stereocenters. The fourth-order valence-corrected chi connectivity index (χ4v) is 2.05. The number of ether oxygens (including phenoxy) is 3. The molecule has 0 saturated heterocycles. The van der Waals surface area contributed by atoms with Gasteiger partial charge in [-0.2, -0.15) is 0 Å². The van der Waals surface area contributed by atoms with E-state index in [2.05, 4.69) is 10.6 Å². The zero-order chi connectivity index (χ0) is 18.9. The largest absolute Gasteiger partial charge is 0.454 e. The first-order valence-corrected chi connectivity index (χ1v) is 8.26. The molecular formula is C18H22N2O6. The van der Waals surface area contributed by atoms with E-state index in [0.29, 0.717) is 24.0 Å². The third kappa shape index (κ3) is 6.46. The first-order chi connectivity index (χ1) is 12.4. The van der Waals surface area contributed by atoms with E-state index in [-0.39, 0.29) is 6.79 Å². The summed E-state index contributed by atoms with van der Waals surface area (Å²) in [7, 11) is 0. The Kier molecular flexibility index (Phi) is 7.02. The molecule has 0 fully saturated rings. The highest BCUT2D eigenvalue weighted by molar-refractivity contribution is 5.96. The average molecular weight is 362 g/mol. The number of carbonyl (C=O) groups excluding carboxylic acids is 3. The molecule has 1 aromatic carbocycles. The van der Waals surface area contributed by atoms with Gasteiger partial charge < -0.3 is 19.5 Å². The molecule has 1 heterocycles. The van der Waals surface area contributed by atoms with E-state index < -0.39 is 24.5 Å². The maximum absolute atomic E-state index is 11.6. The van der Waals surface area contributed by atoms with Crippen molar-refractivity contribution in [3.63, 3.8) is 0 Å². The number of benzene rings is 1. The number of esters is 1. The van der Waals surface area contributed by atoms with Gasteiger partial charge in [-0.25, -0.2) is 9.59 Å². The van der Waals surface area contributed by atoms with Gasteiger partial charge in [0.2, 0.25) is 6.79 Å². The molecule has 0 radical (unpaired) electrons. The minimum atomic E-state index is -0.697. The van der Waals surface area contributed by atoms with E-state index >= 15 is 0 Å². The molecule has 26 heavy (non-hydrogen) atoms. The van der Waals surface area contributed by atoms with E-state index in [1.165, 1.54) is 12.2 Å². The maximum Gasteiger partial charge on any atom is 0.331 e. The zero-order valence-electron chi connectivity index (χ0n) is 14.7. The molecule has 0 spiro atoms. The summed E-state index contributed by atoms with van der Waals surface area (Å²) < 4.78 is 15.2. The number of hydrogen-bond acceptors (Lipinski definition) is 6. The molecule has 0 saturated carbocycles. The molecule has 0 bridgehead atoms. The van der Waals surface area contributed by atoms with Gasteiger partial charge in [0, 0.05) is 12.6 Å². The molecule has 1 aliphatic heterocycles. The Bertz CT molecular complexity index is 699. The van der Waals surface area contributed by atoms with Gasteiger partial charge in [0.05, 0.1) is 0 Å². The molecule has 0 aliphatic carbocycles. The van der Waals surface area contributed by atoms with Crippen molar-refractivity contribution in [3.05, 3.63) is 29.8 Å². The predicted molar refractivity (Wildman–Crippen MR) is 93.6 cm³/mol. The van der Waals surface area contributed by atoms with Crippen LogP contribution in [-0.4, -0.2) is 37.9 Å². The Morgan fingerprint density at radius 2 is 2.00 bits per heavy atom. The zero-order valence-corrected chi connectivity index (χ0v) is 14.7. The summed E-state index contributed by atoms with van der Waals surface area (Å²) in [6.07, 6.45) is 3.52. The van der Waals surface area contributed by atoms with Crippen molar-refractivity contribution in [2.45, 2.75) is 20.3 Å². The third-order valence-electron chi connectivity index (χ3n) is 3.41. The number of rotatable bonds is 7. The lowest BCUT2D eigenvalue weighted by atomic mass is 10.1. The standard InChI is InChI=1S/C18H22N2O6/c1-12(2)7-8-19-18(23)20-16(21)10-24-17(22)6-4-13-3-5-14-15(9-13)26-11-25-14/h3-6,9,12H,7-8,10-11H2,1-2H3,(H2,19,20,21,23)/b6-4+. The normalized spacial score (nSPS) is 12.3. The van der Waals surface area contributed by atoms with E-state index in [0.717, 1.165) is 12.0 Å². The van der Waals surface area contributed by atoms with Crippen LogP contribution in [0.1, 0.15) is 25.8 Å². The van der Waals surface area contributed by atoms with E-state index in [1.807, 2.05) is 13.8 Å². The third-order valence-corrected chi connectivity index (χ3v) is 3.41. The number of carbonyl (C=O) groups is 3. The van der Waals surface area contributed by atoms with Crippen molar-refractivity contribution in [2.75, 3.05) is 19.9 Å². The highest BCUT2D eigenvalue weighted by Crippen LogP contribution is 2.32. The molecular weight excluding hydrogens is 340 g/mol. The Hall–Kier alpha value is -3.03. The van der Waals surface area contributed by atoms with Crippen LogP contribution in [0.3, 0.4) is 0 Å². The van der Waals surface area contributed by atoms with Crippen LogP contribution < -0.4 is 20.1 Å². The number of fused-ring (bicyclic) bond motifs is 1. The fourth-order valence-electron chi connectivity index (χ4n) is 2.05. The summed E-state index contributed by atoms with van der Waals surface area (Å²) in [5.41, 5.74) is 0.722. The van der Waals surface area contributed by atoms with Crippen molar-refractivity contribution in [2.24, 2.45) is 5.92 Å². The van der Waals surface area contributed by atoms with Crippen molar-refractivity contribution < 1.29 is 28.6 Å². The number of nitrogens with one attached hydrogen (secondary N) is 2. The van der Waals surface area contributed by atoms with Gasteiger partial charge in [-0.15, -0.1) is 0 Å². The van der Waals surface area contributed by atoms with Gasteiger partial charge in [-0.05, 0) is 36.1 Å². The Labute approximate surface area is 151 Å². The number of imide groups is 1. The number of hydrogen-bond donors (Lipinski definition) is 2. The molecule has 8 heteroatoms. The Morgan fingerprint density at radius 3 is 2.77 bits per heavy atom. The fraction of sp³-hybridized carbons (Fsp3) is 0.389. The van der Waals surface area contributed by atoms with Gasteiger partial charge in [0.1, 0.15) is 0 Å². The van der Waals surface area contributed by atoms with Crippen LogP contribution in [0, 0.1) is 5.92 Å². The van der Waals surface area contributed by atoms with Crippen LogP contribution in [0.15, 0.2) is 24.3 Å². The van der Waals surface area contributed by atoms with Gasteiger partial charge in [-0.3, -0.25) is 10.1 Å². The SMILES string of the molecule is CC(C)CCNC(=O)NC(=O)COC(=O)/C=C/c1ccc2c(c1)OCO2. The van der Waals surface area contributed by atoms with E-state index in [9.17, 15) is 14.4 Å². The highest BCUT2D eigenvalue weighted by Gasteiger charge is 2.13. The summed E-state index contributed by atoms with van der Waals surface area (Å²) in [6.45, 7) is 4.16. The highest BCUT2D eigenvalue weighted by atomic mass is 16.7. The lowest BCUT2D eigenvalue weighted by Crippen LogP contribution is -2.41. The van der Waals surface area contributed by atoms with Gasteiger partial charge in [0.25, 0.3) is 5.91 Å². The minimum absolute atomic E-state index is 0.171. The quantitative estimate of drug-likeness (QED) is 0.567. The molecule has 1 aromatic rings. The summed E-state index contributed by atoms with van der Waals surface area (Å²) in [5, 5.41) is 4.64. The molecule has 0 atom stereocenters. The molecule has 8 nitrogen and oxygen atoms in total. The van der Waals surface area contributed by atoms with Crippen molar-refractivity contribution >= 4 is 24.0 Å². The van der Waals surface area contributed by atoms with Crippen molar-refractivity contribution in [1.82, 2.24) is 10.6 Å².